The van der Waals surface area contributed by atoms with Crippen LogP contribution >= 0.6 is 0 Å². The summed E-state index contributed by atoms with van der Waals surface area (Å²) in [4.78, 5) is 0.782. The molecule has 0 radical (unpaired) electrons. The van der Waals surface area contributed by atoms with E-state index < -0.39 is 11.1 Å². The van der Waals surface area contributed by atoms with Crippen LogP contribution < -0.4 is 0 Å². The number of hydrogen-bond acceptors (Lipinski definition) is 2. The molecular weight excluding hydrogens is 244 g/mol. The summed E-state index contributed by atoms with van der Waals surface area (Å²) in [5.74, 6) is 1.41. The number of hydrogen-bond donors (Lipinski definition) is 0. The van der Waals surface area contributed by atoms with E-state index in [0.717, 1.165) is 17.2 Å². The van der Waals surface area contributed by atoms with Gasteiger partial charge < -0.3 is 0 Å². The Morgan fingerprint density at radius 1 is 1.28 bits per heavy atom. The first-order valence-electron chi connectivity index (χ1n) is 6.75. The van der Waals surface area contributed by atoms with Gasteiger partial charge in [0, 0.05) is 0 Å². The van der Waals surface area contributed by atoms with Crippen LogP contribution in [0.4, 0.5) is 0 Å². The van der Waals surface area contributed by atoms with Crippen LogP contribution in [-0.4, -0.2) is 9.81 Å². The molecule has 18 heavy (non-hydrogen) atoms. The van der Waals surface area contributed by atoms with Gasteiger partial charge in [-0.25, -0.2) is 4.21 Å². The van der Waals surface area contributed by atoms with Gasteiger partial charge in [0.2, 0.25) is 0 Å². The van der Waals surface area contributed by atoms with Crippen molar-refractivity contribution in [2.24, 2.45) is 11.8 Å². The molecule has 0 aliphatic heterocycles. The molecule has 2 nitrogen and oxygen atoms in total. The van der Waals surface area contributed by atoms with Gasteiger partial charge in [-0.2, -0.15) is 0 Å². The Labute approximate surface area is 111 Å². The van der Waals surface area contributed by atoms with Gasteiger partial charge in [0.15, 0.2) is 11.1 Å². The molecule has 1 aromatic rings. The fourth-order valence-electron chi connectivity index (χ4n) is 3.53. The minimum atomic E-state index is -1.32. The maximum absolute atomic E-state index is 12.3. The summed E-state index contributed by atoms with van der Waals surface area (Å²) in [7, 11) is 0. The lowest BCUT2D eigenvalue weighted by atomic mass is 9.86. The molecule has 2 fully saturated rings. The predicted molar refractivity (Wildman–Crippen MR) is 72.5 cm³/mol. The minimum Gasteiger partial charge on any atom is -0.280 e. The van der Waals surface area contributed by atoms with Crippen molar-refractivity contribution in [3.63, 3.8) is 0 Å². The quantitative estimate of drug-likeness (QED) is 0.833. The van der Waals surface area contributed by atoms with Gasteiger partial charge in [-0.1, -0.05) is 17.7 Å². The predicted octanol–water partition coefficient (Wildman–Crippen LogP) is 3.61. The van der Waals surface area contributed by atoms with Crippen LogP contribution in [0.15, 0.2) is 29.2 Å². The van der Waals surface area contributed by atoms with Crippen molar-refractivity contribution in [1.82, 2.24) is 0 Å². The van der Waals surface area contributed by atoms with Crippen molar-refractivity contribution in [1.29, 1.82) is 0 Å². The zero-order chi connectivity index (χ0) is 12.8. The zero-order valence-corrected chi connectivity index (χ0v) is 11.8. The van der Waals surface area contributed by atoms with E-state index in [0.29, 0.717) is 5.92 Å². The largest absolute Gasteiger partial charge is 0.280 e. The van der Waals surface area contributed by atoms with E-state index in [2.05, 4.69) is 6.92 Å². The van der Waals surface area contributed by atoms with E-state index in [1.807, 2.05) is 31.2 Å². The summed E-state index contributed by atoms with van der Waals surface area (Å²) in [6.45, 7) is 4.17. The van der Waals surface area contributed by atoms with Gasteiger partial charge in [0.25, 0.3) is 0 Å². The highest BCUT2D eigenvalue weighted by Crippen LogP contribution is 2.52. The van der Waals surface area contributed by atoms with Crippen molar-refractivity contribution in [2.75, 3.05) is 0 Å². The lowest BCUT2D eigenvalue weighted by molar-refractivity contribution is 0.0455. The molecule has 1 unspecified atom stereocenters. The zero-order valence-electron chi connectivity index (χ0n) is 11.0. The monoisotopic (exact) mass is 264 g/mol. The Morgan fingerprint density at radius 2 is 2.00 bits per heavy atom. The van der Waals surface area contributed by atoms with Gasteiger partial charge in [0.05, 0.1) is 10.5 Å². The lowest BCUT2D eigenvalue weighted by Gasteiger charge is -2.32. The van der Waals surface area contributed by atoms with Gasteiger partial charge in [-0.15, -0.1) is 0 Å². The van der Waals surface area contributed by atoms with Crippen LogP contribution in [0.5, 0.6) is 0 Å². The second-order valence-corrected chi connectivity index (χ2v) is 7.13. The van der Waals surface area contributed by atoms with Crippen LogP contribution in [0, 0.1) is 18.8 Å². The van der Waals surface area contributed by atoms with E-state index in [-0.39, 0.29) is 5.60 Å². The summed E-state index contributed by atoms with van der Waals surface area (Å²) in [5.41, 5.74) is 1.01. The Hall–Kier alpha value is -0.670. The summed E-state index contributed by atoms with van der Waals surface area (Å²) in [6.07, 6.45) is 4.92. The van der Waals surface area contributed by atoms with E-state index in [4.69, 9.17) is 4.18 Å². The van der Waals surface area contributed by atoms with Gasteiger partial charge in [-0.3, -0.25) is 4.18 Å². The van der Waals surface area contributed by atoms with Crippen molar-refractivity contribution in [3.8, 4) is 0 Å². The third-order valence-electron chi connectivity index (χ3n) is 4.58. The van der Waals surface area contributed by atoms with Crippen LogP contribution in [0.25, 0.3) is 0 Å². The summed E-state index contributed by atoms with van der Waals surface area (Å²) >= 11 is -1.32. The van der Waals surface area contributed by atoms with Gasteiger partial charge in [0.1, 0.15) is 0 Å². The Morgan fingerprint density at radius 3 is 2.56 bits per heavy atom. The van der Waals surface area contributed by atoms with Crippen molar-refractivity contribution in [2.45, 2.75) is 50.0 Å². The smallest absolute Gasteiger partial charge is 0.189 e. The summed E-state index contributed by atoms with van der Waals surface area (Å²) < 4.78 is 18.2. The van der Waals surface area contributed by atoms with Crippen molar-refractivity contribution in [3.05, 3.63) is 29.8 Å². The molecule has 0 aromatic heterocycles. The molecule has 0 spiro atoms. The second kappa shape index (κ2) is 4.46. The van der Waals surface area contributed by atoms with Crippen molar-refractivity contribution < 1.29 is 8.39 Å². The number of rotatable bonds is 3. The lowest BCUT2D eigenvalue weighted by Crippen LogP contribution is -2.35. The first-order chi connectivity index (χ1) is 8.57. The first kappa shape index (κ1) is 12.4. The van der Waals surface area contributed by atoms with Crippen LogP contribution in [0.3, 0.4) is 0 Å². The maximum atomic E-state index is 12.3. The van der Waals surface area contributed by atoms with E-state index in [1.165, 1.54) is 24.8 Å². The Bertz CT molecular complexity index is 468. The standard InChI is InChI=1S/C15H20O2S/c1-11-3-7-14(8-4-11)18(16)17-15(2)10-12-5-6-13(15)9-12/h3-4,7-8,12-13H,5-6,9-10H2,1-2H3/t12-,13+,15+,18?/m1/s1. The highest BCUT2D eigenvalue weighted by molar-refractivity contribution is 7.80. The van der Waals surface area contributed by atoms with E-state index in [9.17, 15) is 4.21 Å². The molecule has 98 valence electrons. The average molecular weight is 264 g/mol. The molecule has 4 atom stereocenters. The molecule has 2 aliphatic carbocycles. The Kier molecular flexibility index (Phi) is 3.07. The molecule has 0 amide bonds. The van der Waals surface area contributed by atoms with Crippen molar-refractivity contribution >= 4 is 11.1 Å². The Balaban J connectivity index is 1.73. The normalized spacial score (nSPS) is 35.9. The number of benzene rings is 1. The molecular formula is C15H20O2S. The minimum absolute atomic E-state index is 0.168. The van der Waals surface area contributed by atoms with E-state index >= 15 is 0 Å². The third kappa shape index (κ3) is 2.14. The highest BCUT2D eigenvalue weighted by atomic mass is 32.2. The topological polar surface area (TPSA) is 26.3 Å². The SMILES string of the molecule is Cc1ccc(S(=O)O[C@@]2(C)C[C@@H]3CC[C@H]2C3)cc1. The number of fused-ring (bicyclic) bond motifs is 2. The molecule has 3 heteroatoms. The van der Waals surface area contributed by atoms with Crippen LogP contribution in [-0.2, 0) is 15.3 Å². The molecule has 3 rings (SSSR count). The summed E-state index contributed by atoms with van der Waals surface area (Å²) in [6, 6.07) is 7.78. The fourth-order valence-corrected chi connectivity index (χ4v) is 4.53. The molecule has 0 heterocycles. The number of aryl methyl sites for hydroxylation is 1. The van der Waals surface area contributed by atoms with Gasteiger partial charge in [-0.05, 0) is 63.5 Å². The first-order valence-corrected chi connectivity index (χ1v) is 7.82. The van der Waals surface area contributed by atoms with E-state index in [1.54, 1.807) is 0 Å². The van der Waals surface area contributed by atoms with Crippen LogP contribution in [0.2, 0.25) is 0 Å². The summed E-state index contributed by atoms with van der Waals surface area (Å²) in [5, 5.41) is 0. The molecule has 2 saturated carbocycles. The highest BCUT2D eigenvalue weighted by Gasteiger charge is 2.50. The average Bonchev–Trinajstić information content (AvgIpc) is 2.89. The third-order valence-corrected chi connectivity index (χ3v) is 5.77. The van der Waals surface area contributed by atoms with Crippen LogP contribution in [0.1, 0.15) is 38.2 Å². The molecule has 2 bridgehead atoms. The van der Waals surface area contributed by atoms with Gasteiger partial charge >= 0.3 is 0 Å². The second-order valence-electron chi connectivity index (χ2n) is 6.02. The molecule has 0 N–H and O–H groups in total. The molecule has 2 aliphatic rings. The maximum Gasteiger partial charge on any atom is 0.189 e. The fraction of sp³-hybridized carbons (Fsp3) is 0.600. The molecule has 1 aromatic carbocycles. The molecule has 0 saturated heterocycles.